The molecule has 0 aromatic heterocycles. The Bertz CT molecular complexity index is 417. The summed E-state index contributed by atoms with van der Waals surface area (Å²) in [4.78, 5) is 33.8. The van der Waals surface area contributed by atoms with Gasteiger partial charge in [0.15, 0.2) is 0 Å². The highest BCUT2D eigenvalue weighted by molar-refractivity contribution is 5.87. The van der Waals surface area contributed by atoms with E-state index in [2.05, 4.69) is 10.6 Å². The van der Waals surface area contributed by atoms with Crippen LogP contribution in [0, 0.1) is 0 Å². The van der Waals surface area contributed by atoms with Gasteiger partial charge < -0.3 is 37.4 Å². The SMILES string of the molecule is CC(=O)N[C@H](C(=O)NCCC[C@H](N)C(=O)O)[C@@H](N)[C@H](O)[C@@H](C)O. The van der Waals surface area contributed by atoms with Gasteiger partial charge in [0.2, 0.25) is 11.8 Å². The minimum atomic E-state index is -1.40. The molecule has 0 saturated carbocycles. The number of amides is 2. The zero-order valence-electron chi connectivity index (χ0n) is 13.2. The van der Waals surface area contributed by atoms with Gasteiger partial charge in [0.05, 0.1) is 18.2 Å². The maximum absolute atomic E-state index is 12.1. The van der Waals surface area contributed by atoms with Crippen molar-refractivity contribution in [2.75, 3.05) is 6.54 Å². The molecule has 5 atom stereocenters. The van der Waals surface area contributed by atoms with Crippen LogP contribution in [0.2, 0.25) is 0 Å². The summed E-state index contributed by atoms with van der Waals surface area (Å²) in [6, 6.07) is -3.46. The first-order chi connectivity index (χ1) is 10.6. The molecule has 0 aromatic carbocycles. The smallest absolute Gasteiger partial charge is 0.320 e. The zero-order chi connectivity index (χ0) is 18.2. The number of rotatable bonds is 10. The monoisotopic (exact) mass is 334 g/mol. The summed E-state index contributed by atoms with van der Waals surface area (Å²) < 4.78 is 0. The Morgan fingerprint density at radius 3 is 2.17 bits per heavy atom. The van der Waals surface area contributed by atoms with Gasteiger partial charge >= 0.3 is 5.97 Å². The molecule has 23 heavy (non-hydrogen) atoms. The maximum Gasteiger partial charge on any atom is 0.320 e. The van der Waals surface area contributed by atoms with Gasteiger partial charge in [0.25, 0.3) is 0 Å². The number of carboxylic acids is 1. The second-order valence-corrected chi connectivity index (χ2v) is 5.36. The molecule has 0 unspecified atom stereocenters. The molecule has 0 aliphatic rings. The highest BCUT2D eigenvalue weighted by Gasteiger charge is 2.33. The van der Waals surface area contributed by atoms with E-state index >= 15 is 0 Å². The molecular formula is C13H26N4O6. The van der Waals surface area contributed by atoms with Crippen LogP contribution in [0.5, 0.6) is 0 Å². The van der Waals surface area contributed by atoms with E-state index in [0.29, 0.717) is 6.42 Å². The number of carbonyl (C=O) groups excluding carboxylic acids is 2. The quantitative estimate of drug-likeness (QED) is 0.204. The Balaban J connectivity index is 4.58. The molecule has 10 nitrogen and oxygen atoms in total. The fraction of sp³-hybridized carbons (Fsp3) is 0.769. The number of aliphatic hydroxyl groups is 2. The van der Waals surface area contributed by atoms with Crippen LogP contribution in [0.1, 0.15) is 26.7 Å². The Hall–Kier alpha value is -1.75. The summed E-state index contributed by atoms with van der Waals surface area (Å²) in [6.45, 7) is 2.63. The van der Waals surface area contributed by atoms with E-state index in [4.69, 9.17) is 16.6 Å². The summed E-state index contributed by atoms with van der Waals surface area (Å²) in [5.74, 6) is -2.29. The lowest BCUT2D eigenvalue weighted by Crippen LogP contribution is -2.61. The van der Waals surface area contributed by atoms with E-state index in [0.717, 1.165) is 0 Å². The highest BCUT2D eigenvalue weighted by Crippen LogP contribution is 2.04. The van der Waals surface area contributed by atoms with Gasteiger partial charge in [-0.05, 0) is 19.8 Å². The average Bonchev–Trinajstić information content (AvgIpc) is 2.46. The Morgan fingerprint density at radius 2 is 1.74 bits per heavy atom. The summed E-state index contributed by atoms with van der Waals surface area (Å²) in [7, 11) is 0. The van der Waals surface area contributed by atoms with Gasteiger partial charge in [0.1, 0.15) is 12.1 Å². The van der Waals surface area contributed by atoms with Crippen molar-refractivity contribution in [3.8, 4) is 0 Å². The first-order valence-corrected chi connectivity index (χ1v) is 7.22. The second-order valence-electron chi connectivity index (χ2n) is 5.36. The molecule has 0 aliphatic carbocycles. The number of hydrogen-bond donors (Lipinski definition) is 7. The molecule has 0 fully saturated rings. The molecule has 134 valence electrons. The standard InChI is InChI=1S/C13H26N4O6/c1-6(18)11(20)9(15)10(17-7(2)19)12(21)16-5-3-4-8(14)13(22)23/h6,8-11,18,20H,3-5,14-15H2,1-2H3,(H,16,21)(H,17,19)(H,22,23)/t6-,8+,9-,10+,11-/m1/s1. The topological polar surface area (TPSA) is 188 Å². The molecule has 0 spiro atoms. The minimum Gasteiger partial charge on any atom is -0.480 e. The molecule has 10 heteroatoms. The van der Waals surface area contributed by atoms with Crippen LogP contribution in [0.15, 0.2) is 0 Å². The van der Waals surface area contributed by atoms with Crippen LogP contribution in [-0.2, 0) is 14.4 Å². The Kier molecular flexibility index (Phi) is 9.34. The molecular weight excluding hydrogens is 308 g/mol. The average molecular weight is 334 g/mol. The van der Waals surface area contributed by atoms with Crippen molar-refractivity contribution < 1.29 is 29.7 Å². The predicted molar refractivity (Wildman–Crippen MR) is 81.1 cm³/mol. The molecule has 0 bridgehead atoms. The number of nitrogens with two attached hydrogens (primary N) is 2. The molecule has 0 saturated heterocycles. The molecule has 0 rings (SSSR count). The van der Waals surface area contributed by atoms with E-state index in [1.54, 1.807) is 0 Å². The lowest BCUT2D eigenvalue weighted by atomic mass is 9.98. The maximum atomic E-state index is 12.1. The minimum absolute atomic E-state index is 0.132. The van der Waals surface area contributed by atoms with Crippen molar-refractivity contribution in [3.63, 3.8) is 0 Å². The zero-order valence-corrected chi connectivity index (χ0v) is 13.2. The van der Waals surface area contributed by atoms with Crippen LogP contribution >= 0.6 is 0 Å². The summed E-state index contributed by atoms with van der Waals surface area (Å²) >= 11 is 0. The van der Waals surface area contributed by atoms with E-state index in [1.807, 2.05) is 0 Å². The third-order valence-electron chi connectivity index (χ3n) is 3.22. The molecule has 0 aliphatic heterocycles. The molecule has 0 heterocycles. The van der Waals surface area contributed by atoms with Crippen LogP contribution in [-0.4, -0.2) is 70.0 Å². The van der Waals surface area contributed by atoms with Gasteiger partial charge in [0, 0.05) is 13.5 Å². The molecule has 0 aromatic rings. The number of aliphatic hydroxyl groups excluding tert-OH is 2. The van der Waals surface area contributed by atoms with Crippen molar-refractivity contribution in [2.45, 2.75) is 57.0 Å². The highest BCUT2D eigenvalue weighted by atomic mass is 16.4. The van der Waals surface area contributed by atoms with Crippen molar-refractivity contribution >= 4 is 17.8 Å². The van der Waals surface area contributed by atoms with Gasteiger partial charge in [-0.1, -0.05) is 0 Å². The van der Waals surface area contributed by atoms with Crippen molar-refractivity contribution in [3.05, 3.63) is 0 Å². The van der Waals surface area contributed by atoms with Gasteiger partial charge in [-0.25, -0.2) is 0 Å². The number of carbonyl (C=O) groups is 3. The van der Waals surface area contributed by atoms with Crippen LogP contribution in [0.25, 0.3) is 0 Å². The molecule has 2 amide bonds. The number of hydrogen-bond acceptors (Lipinski definition) is 7. The third-order valence-corrected chi connectivity index (χ3v) is 3.22. The molecule has 0 radical (unpaired) electrons. The summed E-state index contributed by atoms with van der Waals surface area (Å²) in [5, 5.41) is 32.5. The van der Waals surface area contributed by atoms with Crippen LogP contribution in [0.4, 0.5) is 0 Å². The summed E-state index contributed by atoms with van der Waals surface area (Å²) in [5.41, 5.74) is 11.1. The normalized spacial score (nSPS) is 17.5. The third kappa shape index (κ3) is 7.88. The Morgan fingerprint density at radius 1 is 1.17 bits per heavy atom. The van der Waals surface area contributed by atoms with E-state index < -0.39 is 48.1 Å². The van der Waals surface area contributed by atoms with Crippen LogP contribution < -0.4 is 22.1 Å². The number of carboxylic acid groups (broad SMARTS) is 1. The van der Waals surface area contributed by atoms with E-state index in [9.17, 15) is 24.6 Å². The first kappa shape index (κ1) is 21.2. The Labute approximate surface area is 134 Å². The number of nitrogens with one attached hydrogen (secondary N) is 2. The van der Waals surface area contributed by atoms with Crippen molar-refractivity contribution in [2.24, 2.45) is 11.5 Å². The second kappa shape index (κ2) is 10.1. The largest absolute Gasteiger partial charge is 0.480 e. The lowest BCUT2D eigenvalue weighted by Gasteiger charge is -2.28. The van der Waals surface area contributed by atoms with E-state index in [-0.39, 0.29) is 13.0 Å². The fourth-order valence-corrected chi connectivity index (χ4v) is 1.84. The van der Waals surface area contributed by atoms with Gasteiger partial charge in [-0.2, -0.15) is 0 Å². The molecule has 9 N–H and O–H groups in total. The van der Waals surface area contributed by atoms with Crippen molar-refractivity contribution in [1.82, 2.24) is 10.6 Å². The number of aliphatic carboxylic acids is 1. The van der Waals surface area contributed by atoms with Gasteiger partial charge in [-0.15, -0.1) is 0 Å². The summed E-state index contributed by atoms with van der Waals surface area (Å²) in [6.07, 6.45) is -2.09. The van der Waals surface area contributed by atoms with Gasteiger partial charge in [-0.3, -0.25) is 14.4 Å². The van der Waals surface area contributed by atoms with Crippen LogP contribution in [0.3, 0.4) is 0 Å². The predicted octanol–water partition coefficient (Wildman–Crippen LogP) is -3.13. The first-order valence-electron chi connectivity index (χ1n) is 7.22. The lowest BCUT2D eigenvalue weighted by molar-refractivity contribution is -0.138. The van der Waals surface area contributed by atoms with E-state index in [1.165, 1.54) is 13.8 Å². The van der Waals surface area contributed by atoms with Crippen molar-refractivity contribution in [1.29, 1.82) is 0 Å². The fourth-order valence-electron chi connectivity index (χ4n) is 1.84.